The summed E-state index contributed by atoms with van der Waals surface area (Å²) in [4.78, 5) is 12.6. The minimum Gasteiger partial charge on any atom is -0.309 e. The van der Waals surface area contributed by atoms with Crippen LogP contribution in [0.2, 0.25) is 0 Å². The van der Waals surface area contributed by atoms with E-state index in [1.165, 1.54) is 38.8 Å². The van der Waals surface area contributed by atoms with Crippen LogP contribution in [0.15, 0.2) is 243 Å². The average molecular weight is 817 g/mol. The number of fused-ring (bicyclic) bond motifs is 7. The Morgan fingerprint density at radius 1 is 0.312 bits per heavy atom. The van der Waals surface area contributed by atoms with Gasteiger partial charge in [0.15, 0.2) is 5.82 Å². The number of nitrogens with zero attached hydrogens (tertiary/aromatic N) is 4. The minimum atomic E-state index is 0.701. The molecule has 0 N–H and O–H groups in total. The summed E-state index contributed by atoms with van der Waals surface area (Å²) in [6, 6.07) is 86.6. The molecule has 1 aliphatic rings. The third-order valence-electron chi connectivity index (χ3n) is 12.3. The lowest BCUT2D eigenvalue weighted by Crippen LogP contribution is -2.11. The molecule has 300 valence electrons. The summed E-state index contributed by atoms with van der Waals surface area (Å²) >= 11 is 0. The second-order valence-electron chi connectivity index (χ2n) is 16.2. The van der Waals surface area contributed by atoms with Gasteiger partial charge in [0.1, 0.15) is 0 Å². The number of aromatic nitrogens is 3. The maximum Gasteiger partial charge on any atom is 0.160 e. The van der Waals surface area contributed by atoms with E-state index in [2.05, 4.69) is 228 Å². The van der Waals surface area contributed by atoms with Gasteiger partial charge in [-0.1, -0.05) is 188 Å². The molecule has 11 aromatic rings. The summed E-state index contributed by atoms with van der Waals surface area (Å²) < 4.78 is 2.50. The second kappa shape index (κ2) is 15.7. The zero-order valence-corrected chi connectivity index (χ0v) is 34.9. The first kappa shape index (κ1) is 37.2. The molecule has 2 aromatic heterocycles. The molecule has 9 aromatic carbocycles. The first-order valence-electron chi connectivity index (χ1n) is 21.7. The number of rotatable bonds is 7. The molecule has 0 saturated heterocycles. The highest BCUT2D eigenvalue weighted by Crippen LogP contribution is 2.54. The predicted molar refractivity (Wildman–Crippen MR) is 265 cm³/mol. The number of hydrogen-bond donors (Lipinski definition) is 0. The van der Waals surface area contributed by atoms with Gasteiger partial charge in [-0.2, -0.15) is 0 Å². The van der Waals surface area contributed by atoms with Crippen LogP contribution in [0.25, 0.3) is 95.1 Å². The van der Waals surface area contributed by atoms with Crippen LogP contribution in [-0.4, -0.2) is 14.5 Å². The Balaban J connectivity index is 1.05. The van der Waals surface area contributed by atoms with Crippen molar-refractivity contribution in [2.45, 2.75) is 0 Å². The van der Waals surface area contributed by atoms with E-state index in [-0.39, 0.29) is 0 Å². The Labute approximate surface area is 372 Å². The SMILES string of the molecule is c1ccc(-c2cc(-c3ccccc3)cc(-n3c4c(c5ccccc53)-c3ccccc3N(c3ccc(-c5cc(-c6ccccc6)nc(-c6ccccc6)n5)cc3)c3ccccc3-4)c2)cc1. The fourth-order valence-electron chi connectivity index (χ4n) is 9.38. The van der Waals surface area contributed by atoms with Crippen LogP contribution < -0.4 is 4.90 Å². The van der Waals surface area contributed by atoms with Gasteiger partial charge >= 0.3 is 0 Å². The summed E-state index contributed by atoms with van der Waals surface area (Å²) in [6.07, 6.45) is 0. The van der Waals surface area contributed by atoms with Crippen LogP contribution >= 0.6 is 0 Å². The quantitative estimate of drug-likeness (QED) is 0.161. The first-order chi connectivity index (χ1) is 31.7. The van der Waals surface area contributed by atoms with Crippen LogP contribution in [-0.2, 0) is 0 Å². The van der Waals surface area contributed by atoms with E-state index in [1.54, 1.807) is 0 Å². The molecule has 4 nitrogen and oxygen atoms in total. The zero-order chi connectivity index (χ0) is 42.4. The van der Waals surface area contributed by atoms with Crippen molar-refractivity contribution in [1.29, 1.82) is 0 Å². The van der Waals surface area contributed by atoms with E-state index in [0.29, 0.717) is 5.82 Å². The highest BCUT2D eigenvalue weighted by Gasteiger charge is 2.31. The lowest BCUT2D eigenvalue weighted by molar-refractivity contribution is 1.14. The highest BCUT2D eigenvalue weighted by atomic mass is 15.2. The predicted octanol–water partition coefficient (Wildman–Crippen LogP) is 15.9. The zero-order valence-electron chi connectivity index (χ0n) is 34.9. The molecular weight excluding hydrogens is 777 g/mol. The molecule has 64 heavy (non-hydrogen) atoms. The molecule has 0 amide bonds. The topological polar surface area (TPSA) is 34.0 Å². The summed E-state index contributed by atoms with van der Waals surface area (Å²) in [7, 11) is 0. The summed E-state index contributed by atoms with van der Waals surface area (Å²) in [5.41, 5.74) is 19.8. The Morgan fingerprint density at radius 3 is 1.39 bits per heavy atom. The van der Waals surface area contributed by atoms with Crippen molar-refractivity contribution in [3.05, 3.63) is 243 Å². The largest absolute Gasteiger partial charge is 0.309 e. The summed E-state index contributed by atoms with van der Waals surface area (Å²) in [6.45, 7) is 0. The molecule has 12 rings (SSSR count). The fraction of sp³-hybridized carbons (Fsp3) is 0. The van der Waals surface area contributed by atoms with Crippen LogP contribution in [0.5, 0.6) is 0 Å². The van der Waals surface area contributed by atoms with E-state index < -0.39 is 0 Å². The van der Waals surface area contributed by atoms with Gasteiger partial charge < -0.3 is 9.47 Å². The summed E-state index contributed by atoms with van der Waals surface area (Å²) in [5, 5.41) is 1.20. The van der Waals surface area contributed by atoms with Gasteiger partial charge in [0.05, 0.1) is 34.0 Å². The van der Waals surface area contributed by atoms with E-state index in [9.17, 15) is 0 Å². The lowest BCUT2D eigenvalue weighted by Gasteiger charge is -2.27. The lowest BCUT2D eigenvalue weighted by atomic mass is 9.97. The highest BCUT2D eigenvalue weighted by molar-refractivity contribution is 6.13. The van der Waals surface area contributed by atoms with Crippen LogP contribution in [0.3, 0.4) is 0 Å². The normalized spacial score (nSPS) is 11.7. The molecule has 0 fully saturated rings. The molecule has 0 aliphatic carbocycles. The fourth-order valence-corrected chi connectivity index (χ4v) is 9.38. The Bertz CT molecular complexity index is 3350. The maximum atomic E-state index is 5.14. The molecule has 1 aliphatic heterocycles. The van der Waals surface area contributed by atoms with Gasteiger partial charge in [0, 0.05) is 50.1 Å². The molecule has 0 saturated carbocycles. The number of hydrogen-bond acceptors (Lipinski definition) is 3. The van der Waals surface area contributed by atoms with Gasteiger partial charge in [-0.25, -0.2) is 9.97 Å². The summed E-state index contributed by atoms with van der Waals surface area (Å²) in [5.74, 6) is 0.701. The van der Waals surface area contributed by atoms with Gasteiger partial charge in [-0.15, -0.1) is 0 Å². The van der Waals surface area contributed by atoms with Gasteiger partial charge in [-0.05, 0) is 76.9 Å². The molecule has 3 heterocycles. The van der Waals surface area contributed by atoms with Crippen LogP contribution in [0.1, 0.15) is 0 Å². The monoisotopic (exact) mass is 816 g/mol. The molecule has 0 atom stereocenters. The van der Waals surface area contributed by atoms with Gasteiger partial charge in [0.2, 0.25) is 0 Å². The molecule has 0 radical (unpaired) electrons. The molecule has 4 heteroatoms. The van der Waals surface area contributed by atoms with Crippen molar-refractivity contribution < 1.29 is 0 Å². The van der Waals surface area contributed by atoms with E-state index >= 15 is 0 Å². The minimum absolute atomic E-state index is 0.701. The Morgan fingerprint density at radius 2 is 0.781 bits per heavy atom. The van der Waals surface area contributed by atoms with Crippen LogP contribution in [0, 0.1) is 0 Å². The molecular formula is C60H40N4. The van der Waals surface area contributed by atoms with Crippen LogP contribution in [0.4, 0.5) is 17.1 Å². The smallest absolute Gasteiger partial charge is 0.160 e. The first-order valence-corrected chi connectivity index (χ1v) is 21.7. The Hall–Kier alpha value is -8.60. The third-order valence-corrected chi connectivity index (χ3v) is 12.3. The average Bonchev–Trinajstić information content (AvgIpc) is 3.66. The number of para-hydroxylation sites is 3. The molecule has 0 spiro atoms. The standard InChI is InChI=1S/C60H40N4/c1-5-19-41(20-6-1)46-37-47(42-21-7-2-8-22-42)39-49(38-46)64-56-31-17-14-28-51(56)58-50-27-13-16-30-55(50)63(57-32-18-15-29-52(57)59(58)64)48-35-33-44(34-36-48)54-40-53(43-23-9-3-10-24-43)61-60(62-54)45-25-11-4-12-26-45/h1-40H. The van der Waals surface area contributed by atoms with Crippen molar-refractivity contribution >= 4 is 28.0 Å². The van der Waals surface area contributed by atoms with E-state index in [0.717, 1.165) is 67.6 Å². The van der Waals surface area contributed by atoms with Gasteiger partial charge in [0.25, 0.3) is 0 Å². The molecule has 0 unspecified atom stereocenters. The van der Waals surface area contributed by atoms with Crippen molar-refractivity contribution in [1.82, 2.24) is 14.5 Å². The maximum absolute atomic E-state index is 5.14. The van der Waals surface area contributed by atoms with Gasteiger partial charge in [-0.3, -0.25) is 0 Å². The second-order valence-corrected chi connectivity index (χ2v) is 16.2. The van der Waals surface area contributed by atoms with E-state index in [1.807, 2.05) is 24.3 Å². The number of anilines is 3. The van der Waals surface area contributed by atoms with Crippen molar-refractivity contribution in [2.75, 3.05) is 4.90 Å². The molecule has 0 bridgehead atoms. The van der Waals surface area contributed by atoms with Crippen molar-refractivity contribution in [2.24, 2.45) is 0 Å². The van der Waals surface area contributed by atoms with E-state index in [4.69, 9.17) is 9.97 Å². The third kappa shape index (κ3) is 6.48. The number of benzene rings is 9. The van der Waals surface area contributed by atoms with Crippen molar-refractivity contribution in [3.8, 4) is 84.2 Å². The Kier molecular flexibility index (Phi) is 9.12. The van der Waals surface area contributed by atoms with Crippen molar-refractivity contribution in [3.63, 3.8) is 0 Å².